The Labute approximate surface area is 141 Å². The number of anilines is 1. The van der Waals surface area contributed by atoms with E-state index in [2.05, 4.69) is 42.9 Å². The molecule has 0 spiro atoms. The zero-order valence-corrected chi connectivity index (χ0v) is 14.6. The normalized spacial score (nSPS) is 15.7. The molecule has 0 atom stereocenters. The highest BCUT2D eigenvalue weighted by atomic mass is 32.1. The van der Waals surface area contributed by atoms with Gasteiger partial charge in [-0.3, -0.25) is 9.79 Å². The second-order valence-corrected chi connectivity index (χ2v) is 6.10. The van der Waals surface area contributed by atoms with Gasteiger partial charge in [0.25, 0.3) is 0 Å². The first-order chi connectivity index (χ1) is 11.2. The summed E-state index contributed by atoms with van der Waals surface area (Å²) in [7, 11) is 3.36. The van der Waals surface area contributed by atoms with Gasteiger partial charge < -0.3 is 25.2 Å². The van der Waals surface area contributed by atoms with E-state index in [1.54, 1.807) is 25.5 Å². The second-order valence-electron chi connectivity index (χ2n) is 5.17. The standard InChI is InChI=1S/C15H25N5O2S/c1-16-15(18-12-13(21)17-5-10-22-2)20-8-6-19(7-9-20)14-4-3-11-23-14/h3-4,11H,5-10,12H2,1-2H3,(H,16,18)(H,17,21). The van der Waals surface area contributed by atoms with Gasteiger partial charge in [0.2, 0.25) is 5.91 Å². The van der Waals surface area contributed by atoms with E-state index in [1.807, 2.05) is 0 Å². The lowest BCUT2D eigenvalue weighted by molar-refractivity contribution is -0.120. The first-order valence-corrected chi connectivity index (χ1v) is 8.62. The summed E-state index contributed by atoms with van der Waals surface area (Å²) in [5, 5.41) is 9.32. The number of guanidine groups is 1. The van der Waals surface area contributed by atoms with Gasteiger partial charge in [-0.1, -0.05) is 0 Å². The minimum atomic E-state index is -0.0552. The van der Waals surface area contributed by atoms with Crippen molar-refractivity contribution >= 4 is 28.2 Å². The highest BCUT2D eigenvalue weighted by Crippen LogP contribution is 2.22. The Hall–Kier alpha value is -1.80. The molecule has 2 heterocycles. The summed E-state index contributed by atoms with van der Waals surface area (Å²) in [5.74, 6) is 0.721. The number of ether oxygens (including phenoxy) is 1. The van der Waals surface area contributed by atoms with E-state index in [1.165, 1.54) is 5.00 Å². The van der Waals surface area contributed by atoms with Gasteiger partial charge in [0.1, 0.15) is 0 Å². The van der Waals surface area contributed by atoms with Crippen molar-refractivity contribution in [2.45, 2.75) is 0 Å². The van der Waals surface area contributed by atoms with Gasteiger partial charge in [0, 0.05) is 46.9 Å². The van der Waals surface area contributed by atoms with Gasteiger partial charge in [0.15, 0.2) is 5.96 Å². The summed E-state index contributed by atoms with van der Waals surface area (Å²) in [6.07, 6.45) is 0. The molecule has 0 aliphatic carbocycles. The molecule has 0 saturated carbocycles. The molecule has 1 amide bonds. The fourth-order valence-corrected chi connectivity index (χ4v) is 3.22. The Morgan fingerprint density at radius 1 is 1.35 bits per heavy atom. The van der Waals surface area contributed by atoms with Gasteiger partial charge >= 0.3 is 0 Å². The molecule has 23 heavy (non-hydrogen) atoms. The lowest BCUT2D eigenvalue weighted by Gasteiger charge is -2.36. The maximum Gasteiger partial charge on any atom is 0.239 e. The highest BCUT2D eigenvalue weighted by molar-refractivity contribution is 7.14. The number of piperazine rings is 1. The van der Waals surface area contributed by atoms with Crippen LogP contribution in [0, 0.1) is 0 Å². The van der Waals surface area contributed by atoms with Crippen LogP contribution in [-0.2, 0) is 9.53 Å². The quantitative estimate of drug-likeness (QED) is 0.440. The van der Waals surface area contributed by atoms with E-state index in [-0.39, 0.29) is 12.5 Å². The number of carbonyl (C=O) groups is 1. The monoisotopic (exact) mass is 339 g/mol. The minimum Gasteiger partial charge on any atom is -0.383 e. The van der Waals surface area contributed by atoms with Crippen molar-refractivity contribution in [3.05, 3.63) is 17.5 Å². The van der Waals surface area contributed by atoms with E-state index < -0.39 is 0 Å². The third kappa shape index (κ3) is 5.40. The third-order valence-corrected chi connectivity index (χ3v) is 4.57. The number of methoxy groups -OCH3 is 1. The minimum absolute atomic E-state index is 0.0552. The van der Waals surface area contributed by atoms with Crippen LogP contribution in [0.4, 0.5) is 5.00 Å². The van der Waals surface area contributed by atoms with Crippen molar-refractivity contribution in [1.29, 1.82) is 0 Å². The summed E-state index contributed by atoms with van der Waals surface area (Å²) >= 11 is 1.77. The molecule has 128 valence electrons. The molecule has 0 bridgehead atoms. The fourth-order valence-electron chi connectivity index (χ4n) is 2.44. The summed E-state index contributed by atoms with van der Waals surface area (Å²) in [5.41, 5.74) is 0. The Morgan fingerprint density at radius 2 is 2.13 bits per heavy atom. The van der Waals surface area contributed by atoms with Gasteiger partial charge in [-0.15, -0.1) is 11.3 Å². The zero-order valence-electron chi connectivity index (χ0n) is 13.7. The molecule has 1 saturated heterocycles. The molecule has 1 aromatic heterocycles. The molecule has 0 aromatic carbocycles. The van der Waals surface area contributed by atoms with Crippen LogP contribution >= 0.6 is 11.3 Å². The van der Waals surface area contributed by atoms with Crippen molar-refractivity contribution in [3.8, 4) is 0 Å². The van der Waals surface area contributed by atoms with Gasteiger partial charge in [-0.05, 0) is 17.5 Å². The first-order valence-electron chi connectivity index (χ1n) is 7.74. The van der Waals surface area contributed by atoms with Crippen molar-refractivity contribution < 1.29 is 9.53 Å². The molecule has 0 unspecified atom stereocenters. The number of hydrogen-bond acceptors (Lipinski definition) is 5. The largest absolute Gasteiger partial charge is 0.383 e. The molecule has 2 N–H and O–H groups in total. The molecule has 7 nitrogen and oxygen atoms in total. The molecular weight excluding hydrogens is 314 g/mol. The van der Waals surface area contributed by atoms with E-state index in [9.17, 15) is 4.79 Å². The summed E-state index contributed by atoms with van der Waals surface area (Å²) in [4.78, 5) is 20.6. The van der Waals surface area contributed by atoms with Gasteiger partial charge in [0.05, 0.1) is 18.2 Å². The zero-order chi connectivity index (χ0) is 16.5. The first kappa shape index (κ1) is 17.6. The van der Waals surface area contributed by atoms with Gasteiger partial charge in [-0.25, -0.2) is 0 Å². The molecule has 2 rings (SSSR count). The van der Waals surface area contributed by atoms with Crippen molar-refractivity contribution in [2.24, 2.45) is 4.99 Å². The average Bonchev–Trinajstić information content (AvgIpc) is 3.11. The average molecular weight is 339 g/mol. The number of thiophene rings is 1. The van der Waals surface area contributed by atoms with Crippen LogP contribution in [0.1, 0.15) is 0 Å². The molecular formula is C15H25N5O2S. The van der Waals surface area contributed by atoms with Gasteiger partial charge in [-0.2, -0.15) is 0 Å². The fraction of sp³-hybridized carbons (Fsp3) is 0.600. The number of carbonyl (C=O) groups excluding carboxylic acids is 1. The number of rotatable bonds is 6. The van der Waals surface area contributed by atoms with E-state index in [0.29, 0.717) is 13.2 Å². The number of hydrogen-bond donors (Lipinski definition) is 2. The van der Waals surface area contributed by atoms with Crippen LogP contribution in [0.5, 0.6) is 0 Å². The van der Waals surface area contributed by atoms with Crippen LogP contribution in [0.3, 0.4) is 0 Å². The SMILES string of the molecule is CN=C(NCC(=O)NCCOC)N1CCN(c2cccs2)CC1. The molecule has 1 aliphatic heterocycles. The van der Waals surface area contributed by atoms with E-state index in [4.69, 9.17) is 4.74 Å². The number of aliphatic imine (C=N–C) groups is 1. The highest BCUT2D eigenvalue weighted by Gasteiger charge is 2.20. The van der Waals surface area contributed by atoms with Crippen LogP contribution < -0.4 is 15.5 Å². The van der Waals surface area contributed by atoms with Crippen LogP contribution in [0.15, 0.2) is 22.5 Å². The summed E-state index contributed by atoms with van der Waals surface area (Å²) in [6, 6.07) is 4.23. The van der Waals surface area contributed by atoms with Crippen LogP contribution in [0.2, 0.25) is 0 Å². The summed E-state index contributed by atoms with van der Waals surface area (Å²) in [6.45, 7) is 4.97. The number of nitrogens with zero attached hydrogens (tertiary/aromatic N) is 3. The predicted octanol–water partition coefficient (Wildman–Crippen LogP) is 0.208. The van der Waals surface area contributed by atoms with E-state index >= 15 is 0 Å². The second kappa shape index (κ2) is 9.36. The molecule has 1 aliphatic rings. The summed E-state index contributed by atoms with van der Waals surface area (Å²) < 4.78 is 4.90. The Morgan fingerprint density at radius 3 is 2.74 bits per heavy atom. The molecule has 0 radical (unpaired) electrons. The number of nitrogens with one attached hydrogen (secondary N) is 2. The third-order valence-electron chi connectivity index (χ3n) is 3.64. The maximum atomic E-state index is 11.7. The lowest BCUT2D eigenvalue weighted by atomic mass is 10.3. The lowest BCUT2D eigenvalue weighted by Crippen LogP contribution is -2.53. The topological polar surface area (TPSA) is 69.2 Å². The Bertz CT molecular complexity index is 498. The maximum absolute atomic E-state index is 11.7. The predicted molar refractivity (Wildman–Crippen MR) is 94.4 cm³/mol. The van der Waals surface area contributed by atoms with E-state index in [0.717, 1.165) is 32.1 Å². The smallest absolute Gasteiger partial charge is 0.239 e. The van der Waals surface area contributed by atoms with Crippen molar-refractivity contribution in [1.82, 2.24) is 15.5 Å². The molecule has 1 fully saturated rings. The molecule has 8 heteroatoms. The Kier molecular flexibility index (Phi) is 7.15. The van der Waals surface area contributed by atoms with Crippen LogP contribution in [-0.4, -0.2) is 76.8 Å². The van der Waals surface area contributed by atoms with Crippen LogP contribution in [0.25, 0.3) is 0 Å². The van der Waals surface area contributed by atoms with Crippen molar-refractivity contribution in [3.63, 3.8) is 0 Å². The number of amides is 1. The Balaban J connectivity index is 1.73. The molecule has 1 aromatic rings. The van der Waals surface area contributed by atoms with Crippen molar-refractivity contribution in [2.75, 3.05) is 64.9 Å².